The zero-order valence-corrected chi connectivity index (χ0v) is 20.3. The van der Waals surface area contributed by atoms with Crippen molar-refractivity contribution in [2.24, 2.45) is 0 Å². The van der Waals surface area contributed by atoms with Gasteiger partial charge in [-0.3, -0.25) is 4.79 Å². The fourth-order valence-electron chi connectivity index (χ4n) is 3.30. The number of carbonyl (C=O) groups excluding carboxylic acids is 1. The summed E-state index contributed by atoms with van der Waals surface area (Å²) in [5, 5.41) is 0. The number of hydrogen-bond acceptors (Lipinski definition) is 5. The number of para-hydroxylation sites is 1. The van der Waals surface area contributed by atoms with Gasteiger partial charge < -0.3 is 9.47 Å². The Morgan fingerprint density at radius 2 is 1.74 bits per heavy atom. The monoisotopic (exact) mass is 552 g/mol. The summed E-state index contributed by atoms with van der Waals surface area (Å²) >= 11 is 2.14. The summed E-state index contributed by atoms with van der Waals surface area (Å²) in [7, 11) is -2.40. The van der Waals surface area contributed by atoms with Crippen molar-refractivity contribution < 1.29 is 22.7 Å². The van der Waals surface area contributed by atoms with Crippen LogP contribution in [0.25, 0.3) is 0 Å². The molecule has 1 aliphatic rings. The summed E-state index contributed by atoms with van der Waals surface area (Å²) in [6.45, 7) is 3.18. The van der Waals surface area contributed by atoms with Crippen molar-refractivity contribution in [2.45, 2.75) is 30.9 Å². The first kappa shape index (κ1) is 24.0. The molecule has 2 aromatic carbocycles. The molecule has 1 fully saturated rings. The standard InChI is InChI=1S/C23H23INO5S/c1-15-11-13-17(14-12-15)31(27,28)25-22(18-8-6-9-20(18)24)23(30-16(2)26)19-7-4-5-10-21(19)29-3/h4-14,22-23,25H,1-3H3/t22-,23+/m1/s1. The van der Waals surface area contributed by atoms with Crippen molar-refractivity contribution in [1.82, 2.24) is 4.72 Å². The van der Waals surface area contributed by atoms with Crippen LogP contribution >= 0.6 is 22.6 Å². The van der Waals surface area contributed by atoms with Crippen LogP contribution in [0.15, 0.2) is 53.4 Å². The van der Waals surface area contributed by atoms with Gasteiger partial charge in [0, 0.05) is 22.3 Å². The smallest absolute Gasteiger partial charge is 0.303 e. The quantitative estimate of drug-likeness (QED) is 0.394. The number of rotatable bonds is 8. The van der Waals surface area contributed by atoms with Gasteiger partial charge in [-0.25, -0.2) is 13.1 Å². The zero-order valence-electron chi connectivity index (χ0n) is 17.3. The van der Waals surface area contributed by atoms with E-state index < -0.39 is 28.1 Å². The number of nitrogens with one attached hydrogen (secondary N) is 1. The largest absolute Gasteiger partial charge is 0.496 e. The molecule has 0 saturated heterocycles. The number of benzene rings is 2. The molecule has 2 aromatic rings. The fourth-order valence-corrected chi connectivity index (χ4v) is 5.23. The van der Waals surface area contributed by atoms with Crippen molar-refractivity contribution in [3.8, 4) is 5.75 Å². The number of carbonyl (C=O) groups is 1. The lowest BCUT2D eigenvalue weighted by atomic mass is 9.90. The van der Waals surface area contributed by atoms with E-state index in [0.717, 1.165) is 9.49 Å². The van der Waals surface area contributed by atoms with Crippen molar-refractivity contribution in [3.63, 3.8) is 0 Å². The average Bonchev–Trinajstić information content (AvgIpc) is 3.16. The van der Waals surface area contributed by atoms with Gasteiger partial charge in [-0.1, -0.05) is 58.5 Å². The Bertz CT molecular complexity index is 1010. The van der Waals surface area contributed by atoms with Gasteiger partial charge in [-0.15, -0.1) is 0 Å². The van der Waals surface area contributed by atoms with E-state index in [1.54, 1.807) is 48.5 Å². The van der Waals surface area contributed by atoms with E-state index in [4.69, 9.17) is 9.47 Å². The van der Waals surface area contributed by atoms with Crippen LogP contribution in [0.1, 0.15) is 24.2 Å². The van der Waals surface area contributed by atoms with E-state index in [1.165, 1.54) is 14.0 Å². The van der Waals surface area contributed by atoms with Gasteiger partial charge in [0.25, 0.3) is 0 Å². The molecule has 0 amide bonds. The molecule has 0 spiro atoms. The Labute approximate surface area is 197 Å². The third kappa shape index (κ3) is 5.78. The Kier molecular flexibility index (Phi) is 7.98. The summed E-state index contributed by atoms with van der Waals surface area (Å²) in [6.07, 6.45) is 4.58. The highest BCUT2D eigenvalue weighted by Crippen LogP contribution is 2.46. The van der Waals surface area contributed by atoms with E-state index in [1.807, 2.05) is 26.2 Å². The van der Waals surface area contributed by atoms with Crippen molar-refractivity contribution in [2.75, 3.05) is 7.11 Å². The molecular formula is C23H23INO5S. The molecule has 0 aliphatic heterocycles. The predicted octanol–water partition coefficient (Wildman–Crippen LogP) is 4.12. The topological polar surface area (TPSA) is 81.7 Å². The lowest BCUT2D eigenvalue weighted by Crippen LogP contribution is -2.45. The summed E-state index contributed by atoms with van der Waals surface area (Å²) in [5.74, 6) is 0.667. The van der Waals surface area contributed by atoms with Gasteiger partial charge in [0.2, 0.25) is 10.0 Å². The minimum Gasteiger partial charge on any atom is -0.496 e. The van der Waals surface area contributed by atoms with Crippen LogP contribution in [-0.2, 0) is 19.6 Å². The molecule has 5 radical (unpaired) electrons. The van der Waals surface area contributed by atoms with Crippen LogP contribution in [-0.4, -0.2) is 27.5 Å². The van der Waals surface area contributed by atoms with E-state index >= 15 is 0 Å². The van der Waals surface area contributed by atoms with Crippen LogP contribution in [0.2, 0.25) is 0 Å². The van der Waals surface area contributed by atoms with Gasteiger partial charge in [-0.05, 0) is 44.4 Å². The molecule has 6 nitrogen and oxygen atoms in total. The minimum atomic E-state index is -3.91. The van der Waals surface area contributed by atoms with Crippen LogP contribution in [0.4, 0.5) is 0 Å². The molecule has 31 heavy (non-hydrogen) atoms. The normalized spacial score (nSPS) is 17.3. The molecular weight excluding hydrogens is 529 g/mol. The summed E-state index contributed by atoms with van der Waals surface area (Å²) in [6, 6.07) is 12.8. The van der Waals surface area contributed by atoms with Crippen molar-refractivity contribution in [3.05, 3.63) is 88.8 Å². The Balaban J connectivity index is 2.07. The molecule has 0 bridgehead atoms. The molecule has 0 unspecified atom stereocenters. The Morgan fingerprint density at radius 1 is 1.06 bits per heavy atom. The maximum absolute atomic E-state index is 13.3. The van der Waals surface area contributed by atoms with Crippen LogP contribution < -0.4 is 9.46 Å². The van der Waals surface area contributed by atoms with Gasteiger partial charge in [0.15, 0.2) is 0 Å². The van der Waals surface area contributed by atoms with Crippen LogP contribution in [0.5, 0.6) is 5.75 Å². The summed E-state index contributed by atoms with van der Waals surface area (Å²) < 4.78 is 41.2. The maximum Gasteiger partial charge on any atom is 0.303 e. The number of methoxy groups -OCH3 is 1. The first-order valence-electron chi connectivity index (χ1n) is 9.53. The first-order valence-corrected chi connectivity index (χ1v) is 12.1. The minimum absolute atomic E-state index is 0.131. The van der Waals surface area contributed by atoms with Crippen molar-refractivity contribution >= 4 is 38.6 Å². The summed E-state index contributed by atoms with van der Waals surface area (Å²) in [4.78, 5) is 12.1. The average molecular weight is 552 g/mol. The van der Waals surface area contributed by atoms with E-state index in [2.05, 4.69) is 27.3 Å². The second kappa shape index (κ2) is 10.3. The highest BCUT2D eigenvalue weighted by molar-refractivity contribution is 14.1. The van der Waals surface area contributed by atoms with Crippen LogP contribution in [0.3, 0.4) is 0 Å². The molecule has 1 N–H and O–H groups in total. The SMILES string of the molecule is COc1ccccc1[C@H](OC(C)=O)[C@H](NS(=O)(=O)c1ccc(C)cc1)[C]1[CH][CH][CH][C]1I. The number of esters is 1. The molecule has 163 valence electrons. The van der Waals surface area contributed by atoms with Gasteiger partial charge in [0.05, 0.1) is 18.0 Å². The zero-order chi connectivity index (χ0) is 22.6. The van der Waals surface area contributed by atoms with Crippen molar-refractivity contribution in [1.29, 1.82) is 0 Å². The Hall–Kier alpha value is -1.65. The fraction of sp³-hybridized carbons (Fsp3) is 0.217. The van der Waals surface area contributed by atoms with Gasteiger partial charge in [-0.2, -0.15) is 0 Å². The predicted molar refractivity (Wildman–Crippen MR) is 126 cm³/mol. The number of aryl methyl sites for hydroxylation is 1. The van der Waals surface area contributed by atoms with Gasteiger partial charge in [0.1, 0.15) is 11.9 Å². The molecule has 8 heteroatoms. The van der Waals surface area contributed by atoms with E-state index in [9.17, 15) is 13.2 Å². The second-order valence-electron chi connectivity index (χ2n) is 7.01. The molecule has 3 rings (SSSR count). The first-order chi connectivity index (χ1) is 14.7. The second-order valence-corrected chi connectivity index (χ2v) is 9.89. The third-order valence-corrected chi connectivity index (χ3v) is 7.22. The lowest BCUT2D eigenvalue weighted by Gasteiger charge is -2.33. The highest BCUT2D eigenvalue weighted by atomic mass is 127. The number of halogens is 1. The lowest BCUT2D eigenvalue weighted by molar-refractivity contribution is -0.147. The number of hydrogen-bond donors (Lipinski definition) is 1. The molecule has 1 aliphatic carbocycles. The molecule has 1 saturated carbocycles. The molecule has 0 aromatic heterocycles. The number of ether oxygens (including phenoxy) is 2. The molecule has 0 heterocycles. The summed E-state index contributed by atoms with van der Waals surface area (Å²) in [5.41, 5.74) is 1.52. The van der Waals surface area contributed by atoms with Gasteiger partial charge >= 0.3 is 5.97 Å². The Morgan fingerprint density at radius 3 is 2.32 bits per heavy atom. The maximum atomic E-state index is 13.3. The molecule has 2 atom stereocenters. The van der Waals surface area contributed by atoms with E-state index in [-0.39, 0.29) is 4.90 Å². The third-order valence-electron chi connectivity index (χ3n) is 4.78. The number of sulfonamides is 1. The highest BCUT2D eigenvalue weighted by Gasteiger charge is 2.43. The van der Waals surface area contributed by atoms with E-state index in [0.29, 0.717) is 17.2 Å². The van der Waals surface area contributed by atoms with Crippen LogP contribution in [0, 0.1) is 36.0 Å².